The quantitative estimate of drug-likeness (QED) is 0.561. The Morgan fingerprint density at radius 2 is 1.56 bits per heavy atom. The fraction of sp³-hybridized carbons (Fsp3) is 0.0909. The summed E-state index contributed by atoms with van der Waals surface area (Å²) in [5.41, 5.74) is 5.26. The minimum Gasteiger partial charge on any atom is -0.342 e. The molecule has 1 aliphatic rings. The SMILES string of the molecule is Cn1c(-c2c(C3=CC(=O)NC3=O)c3ccccc3n2C)cc2ccccc21. The van der Waals surface area contributed by atoms with Crippen molar-refractivity contribution in [1.29, 1.82) is 0 Å². The molecule has 5 heteroatoms. The van der Waals surface area contributed by atoms with Gasteiger partial charge in [-0.25, -0.2) is 0 Å². The van der Waals surface area contributed by atoms with E-state index in [0.29, 0.717) is 5.57 Å². The Morgan fingerprint density at radius 3 is 2.26 bits per heavy atom. The van der Waals surface area contributed by atoms with E-state index in [4.69, 9.17) is 0 Å². The molecule has 132 valence electrons. The number of benzene rings is 2. The number of carbonyl (C=O) groups excluding carboxylic acids is 2. The number of nitrogens with one attached hydrogen (secondary N) is 1. The van der Waals surface area contributed by atoms with Crippen molar-refractivity contribution in [1.82, 2.24) is 14.5 Å². The minimum absolute atomic E-state index is 0.351. The normalized spacial score (nSPS) is 14.2. The Hall–Kier alpha value is -3.60. The molecule has 3 heterocycles. The van der Waals surface area contributed by atoms with Crippen molar-refractivity contribution in [3.8, 4) is 11.4 Å². The molecule has 27 heavy (non-hydrogen) atoms. The van der Waals surface area contributed by atoms with E-state index in [1.54, 1.807) is 0 Å². The number of aryl methyl sites for hydroxylation is 2. The summed E-state index contributed by atoms with van der Waals surface area (Å²) in [6, 6.07) is 18.3. The third-order valence-electron chi connectivity index (χ3n) is 5.33. The van der Waals surface area contributed by atoms with E-state index >= 15 is 0 Å². The van der Waals surface area contributed by atoms with Crippen LogP contribution in [0.1, 0.15) is 5.56 Å². The second kappa shape index (κ2) is 5.45. The molecule has 0 radical (unpaired) electrons. The molecular formula is C22H17N3O2. The minimum atomic E-state index is -0.370. The topological polar surface area (TPSA) is 56.0 Å². The van der Waals surface area contributed by atoms with Crippen molar-refractivity contribution >= 4 is 39.2 Å². The molecule has 0 bridgehead atoms. The molecule has 4 aromatic rings. The van der Waals surface area contributed by atoms with Crippen LogP contribution in [0.25, 0.3) is 38.8 Å². The summed E-state index contributed by atoms with van der Waals surface area (Å²) in [6.07, 6.45) is 1.40. The molecule has 0 aliphatic carbocycles. The van der Waals surface area contributed by atoms with Crippen LogP contribution in [0.4, 0.5) is 0 Å². The molecule has 0 atom stereocenters. The second-order valence-electron chi connectivity index (χ2n) is 6.82. The summed E-state index contributed by atoms with van der Waals surface area (Å²) < 4.78 is 4.22. The number of carbonyl (C=O) groups is 2. The molecule has 0 spiro atoms. The highest BCUT2D eigenvalue weighted by molar-refractivity contribution is 6.36. The van der Waals surface area contributed by atoms with Crippen molar-refractivity contribution in [3.05, 3.63) is 66.2 Å². The Labute approximate surface area is 155 Å². The highest BCUT2D eigenvalue weighted by Crippen LogP contribution is 2.40. The van der Waals surface area contributed by atoms with Gasteiger partial charge in [-0.3, -0.25) is 14.9 Å². The number of para-hydroxylation sites is 2. The lowest BCUT2D eigenvalue weighted by atomic mass is 10.0. The fourth-order valence-corrected chi connectivity index (χ4v) is 4.08. The zero-order chi connectivity index (χ0) is 18.7. The van der Waals surface area contributed by atoms with E-state index in [1.165, 1.54) is 6.08 Å². The first-order chi connectivity index (χ1) is 13.1. The van der Waals surface area contributed by atoms with Crippen molar-refractivity contribution in [3.63, 3.8) is 0 Å². The van der Waals surface area contributed by atoms with Crippen LogP contribution >= 0.6 is 0 Å². The largest absolute Gasteiger partial charge is 0.342 e. The first-order valence-electron chi connectivity index (χ1n) is 8.76. The zero-order valence-electron chi connectivity index (χ0n) is 15.0. The summed E-state index contributed by atoms with van der Waals surface area (Å²) in [4.78, 5) is 24.3. The van der Waals surface area contributed by atoms with Crippen molar-refractivity contribution < 1.29 is 9.59 Å². The maximum atomic E-state index is 12.5. The molecular weight excluding hydrogens is 338 g/mol. The lowest BCUT2D eigenvalue weighted by Gasteiger charge is -2.10. The van der Waals surface area contributed by atoms with E-state index < -0.39 is 0 Å². The summed E-state index contributed by atoms with van der Waals surface area (Å²) in [5.74, 6) is -0.720. The van der Waals surface area contributed by atoms with Gasteiger partial charge in [0, 0.05) is 47.5 Å². The summed E-state index contributed by atoms with van der Waals surface area (Å²) in [5, 5.41) is 4.46. The van der Waals surface area contributed by atoms with E-state index in [1.807, 2.05) is 50.5 Å². The maximum absolute atomic E-state index is 12.5. The van der Waals surface area contributed by atoms with Gasteiger partial charge in [0.15, 0.2) is 0 Å². The monoisotopic (exact) mass is 355 g/mol. The molecule has 1 N–H and O–H groups in total. The number of hydrogen-bond donors (Lipinski definition) is 1. The number of fused-ring (bicyclic) bond motifs is 2. The van der Waals surface area contributed by atoms with Crippen molar-refractivity contribution in [2.45, 2.75) is 0 Å². The third kappa shape index (κ3) is 2.11. The van der Waals surface area contributed by atoms with Crippen LogP contribution < -0.4 is 5.32 Å². The number of imide groups is 1. The van der Waals surface area contributed by atoms with Crippen LogP contribution in [0.2, 0.25) is 0 Å². The van der Waals surface area contributed by atoms with Gasteiger partial charge in [-0.05, 0) is 18.2 Å². The molecule has 1 aliphatic heterocycles. The number of rotatable bonds is 2. The number of amides is 2. The zero-order valence-corrected chi connectivity index (χ0v) is 15.0. The van der Waals surface area contributed by atoms with Crippen LogP contribution in [0.3, 0.4) is 0 Å². The van der Waals surface area contributed by atoms with E-state index in [9.17, 15) is 9.59 Å². The lowest BCUT2D eigenvalue weighted by Crippen LogP contribution is -2.21. The lowest BCUT2D eigenvalue weighted by molar-refractivity contribution is -0.123. The molecule has 0 saturated carbocycles. The van der Waals surface area contributed by atoms with Gasteiger partial charge in [0.25, 0.3) is 11.8 Å². The van der Waals surface area contributed by atoms with Crippen LogP contribution in [-0.2, 0) is 23.7 Å². The van der Waals surface area contributed by atoms with Crippen LogP contribution in [0.5, 0.6) is 0 Å². The number of hydrogen-bond acceptors (Lipinski definition) is 2. The van der Waals surface area contributed by atoms with Gasteiger partial charge in [-0.2, -0.15) is 0 Å². The molecule has 2 aromatic heterocycles. The molecule has 0 saturated heterocycles. The molecule has 5 nitrogen and oxygen atoms in total. The predicted octanol–water partition coefficient (Wildman–Crippen LogP) is 3.38. The standard InChI is InChI=1S/C22H17N3O2/c1-24-16-9-5-3-7-13(16)11-18(24)21-20(15-12-19(26)23-22(15)27)14-8-4-6-10-17(14)25(21)2/h3-12H,1-2H3,(H,23,26,27). The van der Waals surface area contributed by atoms with Crippen LogP contribution in [0.15, 0.2) is 60.7 Å². The Bertz CT molecular complexity index is 1300. The van der Waals surface area contributed by atoms with Gasteiger partial charge < -0.3 is 9.13 Å². The average molecular weight is 355 g/mol. The fourth-order valence-electron chi connectivity index (χ4n) is 4.08. The smallest absolute Gasteiger partial charge is 0.259 e. The molecule has 2 aromatic carbocycles. The molecule has 0 unspecified atom stereocenters. The van der Waals surface area contributed by atoms with Crippen molar-refractivity contribution in [2.75, 3.05) is 0 Å². The molecule has 5 rings (SSSR count). The first-order valence-corrected chi connectivity index (χ1v) is 8.76. The summed E-state index contributed by atoms with van der Waals surface area (Å²) in [6.45, 7) is 0. The Kier molecular flexibility index (Phi) is 3.15. The van der Waals surface area contributed by atoms with Gasteiger partial charge in [0.1, 0.15) is 0 Å². The van der Waals surface area contributed by atoms with Gasteiger partial charge in [-0.15, -0.1) is 0 Å². The maximum Gasteiger partial charge on any atom is 0.259 e. The van der Waals surface area contributed by atoms with Gasteiger partial charge in [0.05, 0.1) is 17.0 Å². The summed E-state index contributed by atoms with van der Waals surface area (Å²) >= 11 is 0. The Balaban J connectivity index is 1.92. The second-order valence-corrected chi connectivity index (χ2v) is 6.82. The number of aromatic nitrogens is 2. The van der Waals surface area contributed by atoms with E-state index in [2.05, 4.69) is 32.7 Å². The number of nitrogens with zero attached hydrogens (tertiary/aromatic N) is 2. The van der Waals surface area contributed by atoms with Gasteiger partial charge in [0.2, 0.25) is 0 Å². The highest BCUT2D eigenvalue weighted by atomic mass is 16.2. The van der Waals surface area contributed by atoms with Crippen molar-refractivity contribution in [2.24, 2.45) is 14.1 Å². The molecule has 0 fully saturated rings. The van der Waals surface area contributed by atoms with E-state index in [0.717, 1.165) is 38.8 Å². The van der Waals surface area contributed by atoms with Crippen LogP contribution in [0, 0.1) is 0 Å². The van der Waals surface area contributed by atoms with Gasteiger partial charge >= 0.3 is 0 Å². The summed E-state index contributed by atoms with van der Waals surface area (Å²) in [7, 11) is 4.02. The molecule has 2 amide bonds. The Morgan fingerprint density at radius 1 is 0.852 bits per heavy atom. The predicted molar refractivity (Wildman–Crippen MR) is 106 cm³/mol. The third-order valence-corrected chi connectivity index (χ3v) is 5.33. The highest BCUT2D eigenvalue weighted by Gasteiger charge is 2.29. The van der Waals surface area contributed by atoms with Gasteiger partial charge in [-0.1, -0.05) is 36.4 Å². The van der Waals surface area contributed by atoms with E-state index in [-0.39, 0.29) is 11.8 Å². The average Bonchev–Trinajstić information content (AvgIpc) is 3.27. The first kappa shape index (κ1) is 15.6. The van der Waals surface area contributed by atoms with Crippen LogP contribution in [-0.4, -0.2) is 20.9 Å².